The average molecular weight is 265 g/mol. The molecule has 0 unspecified atom stereocenters. The summed E-state index contributed by atoms with van der Waals surface area (Å²) in [5.41, 5.74) is 1.12. The predicted molar refractivity (Wildman–Crippen MR) is 76.2 cm³/mol. The number of carbonyl (C=O) groups is 1. The fourth-order valence-electron chi connectivity index (χ4n) is 1.92. The van der Waals surface area contributed by atoms with Crippen LogP contribution in [-0.4, -0.2) is 37.4 Å². The second-order valence-corrected chi connectivity index (χ2v) is 4.31. The summed E-state index contributed by atoms with van der Waals surface area (Å²) >= 11 is 0. The van der Waals surface area contributed by atoms with Gasteiger partial charge in [-0.05, 0) is 31.9 Å². The van der Waals surface area contributed by atoms with Gasteiger partial charge in [-0.3, -0.25) is 4.79 Å². The summed E-state index contributed by atoms with van der Waals surface area (Å²) in [4.78, 5) is 13.5. The Labute approximate surface area is 115 Å². The lowest BCUT2D eigenvalue weighted by molar-refractivity contribution is -0.143. The zero-order valence-electron chi connectivity index (χ0n) is 11.5. The SMILES string of the molecule is CCOC(=O)CCCN(CCCO)c1ccccc1. The highest BCUT2D eigenvalue weighted by Gasteiger charge is 2.07. The van der Waals surface area contributed by atoms with Crippen molar-refractivity contribution in [1.82, 2.24) is 0 Å². The molecule has 0 heterocycles. The summed E-state index contributed by atoms with van der Waals surface area (Å²) in [6.45, 7) is 4.02. The first-order valence-corrected chi connectivity index (χ1v) is 6.84. The van der Waals surface area contributed by atoms with Crippen LogP contribution >= 0.6 is 0 Å². The molecule has 0 atom stereocenters. The molecule has 0 bridgehead atoms. The van der Waals surface area contributed by atoms with Crippen LogP contribution in [0.1, 0.15) is 26.2 Å². The van der Waals surface area contributed by atoms with Gasteiger partial charge in [0.15, 0.2) is 0 Å². The molecule has 1 aromatic carbocycles. The van der Waals surface area contributed by atoms with Gasteiger partial charge < -0.3 is 14.7 Å². The van der Waals surface area contributed by atoms with Crippen LogP contribution in [-0.2, 0) is 9.53 Å². The highest BCUT2D eigenvalue weighted by molar-refractivity contribution is 5.69. The number of nitrogens with zero attached hydrogens (tertiary/aromatic N) is 1. The lowest BCUT2D eigenvalue weighted by atomic mass is 10.2. The van der Waals surface area contributed by atoms with E-state index in [9.17, 15) is 4.79 Å². The first-order chi connectivity index (χ1) is 9.27. The number of anilines is 1. The van der Waals surface area contributed by atoms with Crippen LogP contribution in [0, 0.1) is 0 Å². The third kappa shape index (κ3) is 6.25. The monoisotopic (exact) mass is 265 g/mol. The number of aliphatic hydroxyl groups is 1. The predicted octanol–water partition coefficient (Wildman–Crippen LogP) is 2.22. The zero-order chi connectivity index (χ0) is 13.9. The Bertz CT molecular complexity index is 354. The first kappa shape index (κ1) is 15.5. The van der Waals surface area contributed by atoms with Crippen LogP contribution in [0.15, 0.2) is 30.3 Å². The van der Waals surface area contributed by atoms with Gasteiger partial charge in [0, 0.05) is 31.8 Å². The van der Waals surface area contributed by atoms with Crippen molar-refractivity contribution in [2.75, 3.05) is 31.2 Å². The molecule has 1 aromatic rings. The molecule has 0 radical (unpaired) electrons. The molecule has 0 aliphatic rings. The van der Waals surface area contributed by atoms with E-state index >= 15 is 0 Å². The van der Waals surface area contributed by atoms with Crippen molar-refractivity contribution in [3.05, 3.63) is 30.3 Å². The maximum absolute atomic E-state index is 11.3. The largest absolute Gasteiger partial charge is 0.466 e. The van der Waals surface area contributed by atoms with Gasteiger partial charge in [-0.15, -0.1) is 0 Å². The van der Waals surface area contributed by atoms with E-state index in [1.807, 2.05) is 37.3 Å². The molecule has 0 aliphatic carbocycles. The Hall–Kier alpha value is -1.55. The van der Waals surface area contributed by atoms with Gasteiger partial charge >= 0.3 is 5.97 Å². The highest BCUT2D eigenvalue weighted by Crippen LogP contribution is 2.14. The van der Waals surface area contributed by atoms with Gasteiger partial charge in [-0.25, -0.2) is 0 Å². The molecule has 19 heavy (non-hydrogen) atoms. The minimum Gasteiger partial charge on any atom is -0.466 e. The number of carbonyl (C=O) groups excluding carboxylic acids is 1. The van der Waals surface area contributed by atoms with Gasteiger partial charge in [0.05, 0.1) is 6.61 Å². The number of hydrogen-bond donors (Lipinski definition) is 1. The van der Waals surface area contributed by atoms with Crippen molar-refractivity contribution in [2.45, 2.75) is 26.2 Å². The Kier molecular flexibility index (Phi) is 7.66. The molecule has 0 saturated heterocycles. The summed E-state index contributed by atoms with van der Waals surface area (Å²) < 4.78 is 4.91. The Morgan fingerprint density at radius 3 is 2.53 bits per heavy atom. The van der Waals surface area contributed by atoms with Crippen LogP contribution < -0.4 is 4.90 Å². The van der Waals surface area contributed by atoms with E-state index in [0.717, 1.165) is 31.6 Å². The summed E-state index contributed by atoms with van der Waals surface area (Å²) in [5.74, 6) is -0.141. The standard InChI is InChI=1S/C15H23NO3/c1-2-19-15(18)10-6-11-16(12-7-13-17)14-8-4-3-5-9-14/h3-5,8-9,17H,2,6-7,10-13H2,1H3. The fourth-order valence-corrected chi connectivity index (χ4v) is 1.92. The number of hydrogen-bond acceptors (Lipinski definition) is 4. The van der Waals surface area contributed by atoms with Crippen LogP contribution in [0.25, 0.3) is 0 Å². The van der Waals surface area contributed by atoms with Gasteiger partial charge in [0.1, 0.15) is 0 Å². The Morgan fingerprint density at radius 2 is 1.89 bits per heavy atom. The minimum atomic E-state index is -0.141. The maximum Gasteiger partial charge on any atom is 0.305 e. The number of esters is 1. The molecular formula is C15H23NO3. The topological polar surface area (TPSA) is 49.8 Å². The number of para-hydroxylation sites is 1. The van der Waals surface area contributed by atoms with Gasteiger partial charge in [0.2, 0.25) is 0 Å². The second-order valence-electron chi connectivity index (χ2n) is 4.31. The van der Waals surface area contributed by atoms with Crippen molar-refractivity contribution >= 4 is 11.7 Å². The molecule has 0 amide bonds. The van der Waals surface area contributed by atoms with Crippen molar-refractivity contribution in [2.24, 2.45) is 0 Å². The number of rotatable bonds is 9. The smallest absolute Gasteiger partial charge is 0.305 e. The van der Waals surface area contributed by atoms with Gasteiger partial charge in [-0.2, -0.15) is 0 Å². The molecule has 0 aliphatic heterocycles. The van der Waals surface area contributed by atoms with Crippen molar-refractivity contribution in [3.8, 4) is 0 Å². The molecule has 0 spiro atoms. The number of aliphatic hydroxyl groups excluding tert-OH is 1. The molecule has 0 fully saturated rings. The van der Waals surface area contributed by atoms with E-state index in [-0.39, 0.29) is 12.6 Å². The number of ether oxygens (including phenoxy) is 1. The second kappa shape index (κ2) is 9.39. The minimum absolute atomic E-state index is 0.141. The van der Waals surface area contributed by atoms with E-state index in [4.69, 9.17) is 9.84 Å². The number of benzene rings is 1. The van der Waals surface area contributed by atoms with Gasteiger partial charge in [-0.1, -0.05) is 18.2 Å². The van der Waals surface area contributed by atoms with E-state index in [1.54, 1.807) is 0 Å². The van der Waals surface area contributed by atoms with Crippen LogP contribution in [0.2, 0.25) is 0 Å². The lowest BCUT2D eigenvalue weighted by Gasteiger charge is -2.24. The fraction of sp³-hybridized carbons (Fsp3) is 0.533. The summed E-state index contributed by atoms with van der Waals surface area (Å²) in [7, 11) is 0. The Balaban J connectivity index is 2.44. The van der Waals surface area contributed by atoms with Crippen molar-refractivity contribution in [1.29, 1.82) is 0 Å². The third-order valence-electron chi connectivity index (χ3n) is 2.82. The molecular weight excluding hydrogens is 242 g/mol. The third-order valence-corrected chi connectivity index (χ3v) is 2.82. The average Bonchev–Trinajstić information content (AvgIpc) is 2.44. The van der Waals surface area contributed by atoms with E-state index in [1.165, 1.54) is 0 Å². The maximum atomic E-state index is 11.3. The summed E-state index contributed by atoms with van der Waals surface area (Å²) in [5, 5.41) is 8.94. The van der Waals surface area contributed by atoms with Crippen molar-refractivity contribution < 1.29 is 14.6 Å². The summed E-state index contributed by atoms with van der Waals surface area (Å²) in [6, 6.07) is 10.1. The first-order valence-electron chi connectivity index (χ1n) is 6.84. The summed E-state index contributed by atoms with van der Waals surface area (Å²) in [6.07, 6.45) is 1.93. The van der Waals surface area contributed by atoms with Crippen molar-refractivity contribution in [3.63, 3.8) is 0 Å². The van der Waals surface area contributed by atoms with E-state index in [2.05, 4.69) is 4.90 Å². The van der Waals surface area contributed by atoms with Crippen LogP contribution in [0.5, 0.6) is 0 Å². The molecule has 1 rings (SSSR count). The molecule has 0 saturated carbocycles. The van der Waals surface area contributed by atoms with Gasteiger partial charge in [0.25, 0.3) is 0 Å². The molecule has 0 aromatic heterocycles. The Morgan fingerprint density at radius 1 is 1.21 bits per heavy atom. The normalized spacial score (nSPS) is 10.2. The lowest BCUT2D eigenvalue weighted by Crippen LogP contribution is -2.26. The van der Waals surface area contributed by atoms with Crippen LogP contribution in [0.3, 0.4) is 0 Å². The van der Waals surface area contributed by atoms with E-state index < -0.39 is 0 Å². The van der Waals surface area contributed by atoms with E-state index in [0.29, 0.717) is 13.0 Å². The zero-order valence-corrected chi connectivity index (χ0v) is 11.5. The molecule has 4 heteroatoms. The molecule has 4 nitrogen and oxygen atoms in total. The van der Waals surface area contributed by atoms with Crippen LogP contribution in [0.4, 0.5) is 5.69 Å². The quantitative estimate of drug-likeness (QED) is 0.696. The highest BCUT2D eigenvalue weighted by atomic mass is 16.5. The molecule has 106 valence electrons. The molecule has 1 N–H and O–H groups in total.